The lowest BCUT2D eigenvalue weighted by Gasteiger charge is -2.27. The highest BCUT2D eigenvalue weighted by atomic mass is 16.5. The maximum atomic E-state index is 14.3. The molecular weight excluding hydrogens is 480 g/mol. The predicted octanol–water partition coefficient (Wildman–Crippen LogP) is 6.64. The van der Waals surface area contributed by atoms with Crippen LogP contribution < -0.4 is 4.90 Å². The van der Waals surface area contributed by atoms with Crippen molar-refractivity contribution < 1.29 is 9.53 Å². The Kier molecular flexibility index (Phi) is 7.28. The quantitative estimate of drug-likeness (QED) is 0.328. The van der Waals surface area contributed by atoms with Gasteiger partial charge in [-0.15, -0.1) is 0 Å². The van der Waals surface area contributed by atoms with Gasteiger partial charge >= 0.3 is 0 Å². The van der Waals surface area contributed by atoms with Gasteiger partial charge in [0.25, 0.3) is 0 Å². The molecule has 0 amide bonds. The molecule has 3 aromatic rings. The summed E-state index contributed by atoms with van der Waals surface area (Å²) >= 11 is 0. The average Bonchev–Trinajstić information content (AvgIpc) is 3.58. The molecule has 6 rings (SSSR count). The van der Waals surface area contributed by atoms with Gasteiger partial charge in [-0.05, 0) is 61.1 Å². The number of hydrogen-bond donors (Lipinski definition) is 0. The molecule has 0 N–H and O–H groups in total. The van der Waals surface area contributed by atoms with Gasteiger partial charge in [-0.25, -0.2) is 0 Å². The lowest BCUT2D eigenvalue weighted by atomic mass is 9.89. The molecule has 39 heavy (non-hydrogen) atoms. The lowest BCUT2D eigenvalue weighted by Crippen LogP contribution is -2.30. The fourth-order valence-electron chi connectivity index (χ4n) is 6.33. The van der Waals surface area contributed by atoms with Crippen molar-refractivity contribution in [2.75, 3.05) is 24.7 Å². The Balaban J connectivity index is 1.28. The zero-order valence-electron chi connectivity index (χ0n) is 23.1. The van der Waals surface area contributed by atoms with Gasteiger partial charge in [0.2, 0.25) is 5.78 Å². The van der Waals surface area contributed by atoms with E-state index in [0.717, 1.165) is 63.1 Å². The van der Waals surface area contributed by atoms with Crippen LogP contribution in [-0.4, -0.2) is 36.5 Å². The molecule has 1 atom stereocenters. The van der Waals surface area contributed by atoms with Crippen LogP contribution in [0.2, 0.25) is 0 Å². The summed E-state index contributed by atoms with van der Waals surface area (Å²) in [5, 5.41) is 0. The summed E-state index contributed by atoms with van der Waals surface area (Å²) in [6.07, 6.45) is 6.40. The molecule has 1 fully saturated rings. The molecule has 1 saturated heterocycles. The average molecular weight is 519 g/mol. The molecule has 1 heterocycles. The van der Waals surface area contributed by atoms with E-state index in [1.165, 1.54) is 27.9 Å². The summed E-state index contributed by atoms with van der Waals surface area (Å²) in [4.78, 5) is 19.1. The van der Waals surface area contributed by atoms with E-state index in [1.807, 2.05) is 6.07 Å². The van der Waals surface area contributed by atoms with E-state index in [9.17, 15) is 4.79 Å². The molecule has 1 unspecified atom stereocenters. The van der Waals surface area contributed by atoms with E-state index < -0.39 is 0 Å². The van der Waals surface area contributed by atoms with Gasteiger partial charge in [-0.3, -0.25) is 4.79 Å². The number of Topliss-reactive ketones (excluding diaryl/α,β-unsaturated/α-hetero) is 1. The summed E-state index contributed by atoms with van der Waals surface area (Å²) in [6, 6.07) is 27.8. The van der Waals surface area contributed by atoms with Gasteiger partial charge in [0, 0.05) is 44.0 Å². The number of nitrogens with zero attached hydrogens (tertiary/aromatic N) is 2. The standard InChI is InChI=1S/C35H38N2O2/c1-25-9-8-14-30(21-25)36-19-20-37(24-36)33-18-15-26(2)32(17-16-27-10-4-3-5-11-27)34(38)35(33)39-31-22-28-12-6-7-13-29(28)23-31/h3-15,21,31-32H,16-20,22-24H2,1-2H3. The largest absolute Gasteiger partial charge is 0.484 e. The first-order valence-electron chi connectivity index (χ1n) is 14.3. The first kappa shape index (κ1) is 25.5. The highest BCUT2D eigenvalue weighted by Crippen LogP contribution is 2.35. The minimum Gasteiger partial charge on any atom is -0.484 e. The first-order valence-corrected chi connectivity index (χ1v) is 14.3. The molecule has 1 aliphatic heterocycles. The number of aryl methyl sites for hydroxylation is 2. The zero-order valence-corrected chi connectivity index (χ0v) is 23.1. The number of hydrogen-bond acceptors (Lipinski definition) is 4. The summed E-state index contributed by atoms with van der Waals surface area (Å²) in [7, 11) is 0. The number of carbonyl (C=O) groups excluding carboxylic acids is 1. The van der Waals surface area contributed by atoms with Gasteiger partial charge in [0.1, 0.15) is 6.10 Å². The highest BCUT2D eigenvalue weighted by Gasteiger charge is 2.36. The van der Waals surface area contributed by atoms with Gasteiger partial charge < -0.3 is 14.5 Å². The number of carbonyl (C=O) groups is 1. The molecule has 0 aromatic heterocycles. The number of rotatable bonds is 7. The topological polar surface area (TPSA) is 32.8 Å². The van der Waals surface area contributed by atoms with Gasteiger partial charge in [0.15, 0.2) is 5.76 Å². The van der Waals surface area contributed by atoms with Crippen molar-refractivity contribution in [1.29, 1.82) is 0 Å². The van der Waals surface area contributed by atoms with Crippen molar-refractivity contribution in [3.63, 3.8) is 0 Å². The summed E-state index contributed by atoms with van der Waals surface area (Å²) in [5.41, 5.74) is 8.66. The molecule has 0 radical (unpaired) electrons. The van der Waals surface area contributed by atoms with Gasteiger partial charge in [0.05, 0.1) is 12.4 Å². The smallest absolute Gasteiger partial charge is 0.206 e. The maximum absolute atomic E-state index is 14.3. The lowest BCUT2D eigenvalue weighted by molar-refractivity contribution is -0.123. The van der Waals surface area contributed by atoms with Crippen LogP contribution in [0.3, 0.4) is 0 Å². The number of allylic oxidation sites excluding steroid dienone is 3. The maximum Gasteiger partial charge on any atom is 0.206 e. The molecule has 3 aliphatic rings. The summed E-state index contributed by atoms with van der Waals surface area (Å²) < 4.78 is 6.78. The molecule has 0 bridgehead atoms. The van der Waals surface area contributed by atoms with Crippen molar-refractivity contribution in [2.24, 2.45) is 5.92 Å². The van der Waals surface area contributed by atoms with E-state index in [1.54, 1.807) is 0 Å². The number of fused-ring (bicyclic) bond motifs is 1. The number of ketones is 1. The van der Waals surface area contributed by atoms with Crippen LogP contribution >= 0.6 is 0 Å². The van der Waals surface area contributed by atoms with E-state index in [4.69, 9.17) is 4.74 Å². The molecule has 2 aliphatic carbocycles. The molecule has 4 nitrogen and oxygen atoms in total. The van der Waals surface area contributed by atoms with Crippen LogP contribution in [0.4, 0.5) is 5.69 Å². The van der Waals surface area contributed by atoms with Crippen LogP contribution in [0.25, 0.3) is 0 Å². The normalized spacial score (nSPS) is 19.8. The molecule has 0 saturated carbocycles. The second kappa shape index (κ2) is 11.1. The first-order chi connectivity index (χ1) is 19.0. The Bertz CT molecular complexity index is 1380. The van der Waals surface area contributed by atoms with Crippen LogP contribution in [0.15, 0.2) is 102 Å². The van der Waals surface area contributed by atoms with E-state index in [2.05, 4.69) is 103 Å². The fourth-order valence-corrected chi connectivity index (χ4v) is 6.33. The van der Waals surface area contributed by atoms with Crippen LogP contribution in [-0.2, 0) is 28.8 Å². The SMILES string of the molecule is CC1=CCC(N2CCN(c3cccc(C)c3)C2)=C(OC2Cc3ccccc3C2)C(=O)C1CCc1ccccc1. The van der Waals surface area contributed by atoms with Crippen LogP contribution in [0.1, 0.15) is 42.0 Å². The van der Waals surface area contributed by atoms with E-state index in [-0.39, 0.29) is 17.8 Å². The zero-order chi connectivity index (χ0) is 26.8. The molecule has 4 heteroatoms. The third-order valence-corrected chi connectivity index (χ3v) is 8.56. The predicted molar refractivity (Wildman–Crippen MR) is 157 cm³/mol. The third-order valence-electron chi connectivity index (χ3n) is 8.56. The van der Waals surface area contributed by atoms with Crippen LogP contribution in [0.5, 0.6) is 0 Å². The monoisotopic (exact) mass is 518 g/mol. The van der Waals surface area contributed by atoms with Crippen molar-refractivity contribution >= 4 is 11.5 Å². The second-order valence-corrected chi connectivity index (χ2v) is 11.3. The fraction of sp³-hybridized carbons (Fsp3) is 0.343. The number of ether oxygens (including phenoxy) is 1. The van der Waals surface area contributed by atoms with Gasteiger partial charge in [-0.2, -0.15) is 0 Å². The van der Waals surface area contributed by atoms with Gasteiger partial charge in [-0.1, -0.05) is 78.4 Å². The van der Waals surface area contributed by atoms with Crippen molar-refractivity contribution in [1.82, 2.24) is 4.90 Å². The molecule has 3 aromatic carbocycles. The highest BCUT2D eigenvalue weighted by molar-refractivity contribution is 5.98. The number of benzene rings is 3. The minimum absolute atomic E-state index is 0.00000788. The second-order valence-electron chi connectivity index (χ2n) is 11.3. The summed E-state index contributed by atoms with van der Waals surface area (Å²) in [5.74, 6) is 0.596. The minimum atomic E-state index is -0.156. The van der Waals surface area contributed by atoms with Crippen molar-refractivity contribution in [3.8, 4) is 0 Å². The molecular formula is C35H38N2O2. The Labute approximate surface area is 232 Å². The Hall–Kier alpha value is -3.79. The Morgan fingerprint density at radius 1 is 0.846 bits per heavy atom. The number of anilines is 1. The van der Waals surface area contributed by atoms with Crippen LogP contribution in [0, 0.1) is 12.8 Å². The van der Waals surface area contributed by atoms with Crippen molar-refractivity contribution in [2.45, 2.75) is 52.1 Å². The summed E-state index contributed by atoms with van der Waals surface area (Å²) in [6.45, 7) is 6.85. The van der Waals surface area contributed by atoms with Crippen molar-refractivity contribution in [3.05, 3.63) is 124 Å². The Morgan fingerprint density at radius 2 is 1.56 bits per heavy atom. The van der Waals surface area contributed by atoms with E-state index in [0.29, 0.717) is 5.76 Å². The van der Waals surface area contributed by atoms with E-state index >= 15 is 0 Å². The molecule has 0 spiro atoms. The molecule has 200 valence electrons. The Morgan fingerprint density at radius 3 is 2.31 bits per heavy atom. The third kappa shape index (κ3) is 5.52.